The van der Waals surface area contributed by atoms with E-state index in [0.717, 1.165) is 12.1 Å². The van der Waals surface area contributed by atoms with Crippen molar-refractivity contribution in [2.75, 3.05) is 31.5 Å². The summed E-state index contributed by atoms with van der Waals surface area (Å²) in [7, 11) is -3.53. The summed E-state index contributed by atoms with van der Waals surface area (Å²) in [6.45, 7) is 3.14. The summed E-state index contributed by atoms with van der Waals surface area (Å²) in [6.07, 6.45) is 2.09. The van der Waals surface area contributed by atoms with E-state index in [-0.39, 0.29) is 17.2 Å². The van der Waals surface area contributed by atoms with Crippen LogP contribution in [0.15, 0.2) is 34.8 Å². The van der Waals surface area contributed by atoms with Gasteiger partial charge < -0.3 is 5.32 Å². The molecule has 0 spiro atoms. The van der Waals surface area contributed by atoms with E-state index in [2.05, 4.69) is 15.2 Å². The Bertz CT molecular complexity index is 888. The lowest BCUT2D eigenvalue weighted by atomic mass is 10.2. The summed E-state index contributed by atoms with van der Waals surface area (Å²) in [6, 6.07) is 4.86. The number of sulfonamides is 1. The van der Waals surface area contributed by atoms with Gasteiger partial charge in [0.1, 0.15) is 0 Å². The number of carbonyl (C=O) groups excluding carboxylic acids is 1. The van der Waals surface area contributed by atoms with Crippen LogP contribution in [0.25, 0.3) is 0 Å². The van der Waals surface area contributed by atoms with Crippen molar-refractivity contribution >= 4 is 33.0 Å². The van der Waals surface area contributed by atoms with Gasteiger partial charge in [-0.2, -0.15) is 4.31 Å². The molecule has 4 rings (SSSR count). The second-order valence-corrected chi connectivity index (χ2v) is 9.10. The minimum absolute atomic E-state index is 0.0961. The molecule has 0 radical (unpaired) electrons. The van der Waals surface area contributed by atoms with E-state index in [0.29, 0.717) is 31.9 Å². The molecule has 9 heteroatoms. The number of aromatic nitrogens is 1. The molecule has 0 unspecified atom stereocenters. The molecule has 1 aromatic carbocycles. The molecule has 0 saturated carbocycles. The zero-order valence-electron chi connectivity index (χ0n) is 13.5. The third kappa shape index (κ3) is 3.32. The molecule has 7 nitrogen and oxygen atoms in total. The highest BCUT2D eigenvalue weighted by molar-refractivity contribution is 7.89. The Morgan fingerprint density at radius 1 is 1.20 bits per heavy atom. The monoisotopic (exact) mass is 378 g/mol. The smallest absolute Gasteiger partial charge is 0.243 e. The van der Waals surface area contributed by atoms with E-state index in [4.69, 9.17) is 0 Å². The quantitative estimate of drug-likeness (QED) is 0.863. The molecule has 0 atom stereocenters. The Kier molecular flexibility index (Phi) is 4.32. The average molecular weight is 378 g/mol. The number of anilines is 1. The third-order valence-corrected chi connectivity index (χ3v) is 7.19. The first-order chi connectivity index (χ1) is 12.0. The summed E-state index contributed by atoms with van der Waals surface area (Å²) < 4.78 is 27.3. The normalized spacial score (nSPS) is 19.0. The van der Waals surface area contributed by atoms with Crippen molar-refractivity contribution in [2.24, 2.45) is 0 Å². The lowest BCUT2D eigenvalue weighted by Crippen LogP contribution is -2.48. The molecule has 1 amide bonds. The predicted molar refractivity (Wildman–Crippen MR) is 94.9 cm³/mol. The molecule has 1 aromatic heterocycles. The van der Waals surface area contributed by atoms with E-state index in [1.54, 1.807) is 29.5 Å². The highest BCUT2D eigenvalue weighted by atomic mass is 32.2. The van der Waals surface area contributed by atoms with Crippen molar-refractivity contribution in [2.45, 2.75) is 17.9 Å². The predicted octanol–water partition coefficient (Wildman–Crippen LogP) is 1.14. The van der Waals surface area contributed by atoms with Crippen molar-refractivity contribution in [3.63, 3.8) is 0 Å². The van der Waals surface area contributed by atoms with Crippen molar-refractivity contribution in [3.8, 4) is 0 Å². The van der Waals surface area contributed by atoms with E-state index >= 15 is 0 Å². The van der Waals surface area contributed by atoms with Gasteiger partial charge in [0.15, 0.2) is 0 Å². The number of nitrogens with one attached hydrogen (secondary N) is 1. The molecule has 132 valence electrons. The molecule has 1 saturated heterocycles. The molecule has 2 aromatic rings. The van der Waals surface area contributed by atoms with E-state index < -0.39 is 10.0 Å². The van der Waals surface area contributed by atoms with Gasteiger partial charge in [-0.25, -0.2) is 8.42 Å². The highest BCUT2D eigenvalue weighted by Crippen LogP contribution is 2.27. The number of piperazine rings is 1. The zero-order valence-corrected chi connectivity index (χ0v) is 15.1. The van der Waals surface area contributed by atoms with Crippen LogP contribution in [0.3, 0.4) is 0 Å². The Balaban J connectivity index is 1.45. The molecule has 3 heterocycles. The average Bonchev–Trinajstić information content (AvgIpc) is 3.22. The Hall–Kier alpha value is -1.81. The van der Waals surface area contributed by atoms with Crippen molar-refractivity contribution < 1.29 is 13.2 Å². The maximum Gasteiger partial charge on any atom is 0.243 e. The first kappa shape index (κ1) is 16.6. The van der Waals surface area contributed by atoms with Gasteiger partial charge in [-0.15, -0.1) is 11.3 Å². The summed E-state index contributed by atoms with van der Waals surface area (Å²) in [4.78, 5) is 19.2. The van der Waals surface area contributed by atoms with Crippen LogP contribution < -0.4 is 5.32 Å². The Morgan fingerprint density at radius 2 is 2.00 bits per heavy atom. The molecule has 1 N–H and O–H groups in total. The lowest BCUT2D eigenvalue weighted by molar-refractivity contribution is -0.115. The highest BCUT2D eigenvalue weighted by Gasteiger charge is 2.30. The van der Waals surface area contributed by atoms with Crippen LogP contribution in [-0.4, -0.2) is 54.7 Å². The van der Waals surface area contributed by atoms with E-state index in [1.165, 1.54) is 9.18 Å². The van der Waals surface area contributed by atoms with Gasteiger partial charge in [0.25, 0.3) is 0 Å². The topological polar surface area (TPSA) is 82.6 Å². The summed E-state index contributed by atoms with van der Waals surface area (Å²) >= 11 is 1.61. The molecule has 25 heavy (non-hydrogen) atoms. The minimum atomic E-state index is -3.53. The van der Waals surface area contributed by atoms with E-state index in [9.17, 15) is 13.2 Å². The number of thiazole rings is 1. The molecular weight excluding hydrogens is 360 g/mol. The number of amides is 1. The van der Waals surface area contributed by atoms with Gasteiger partial charge in [-0.3, -0.25) is 14.7 Å². The maximum absolute atomic E-state index is 12.9. The number of benzene rings is 1. The van der Waals surface area contributed by atoms with E-state index in [1.807, 2.05) is 11.7 Å². The van der Waals surface area contributed by atoms with Crippen molar-refractivity contribution in [3.05, 3.63) is 40.3 Å². The fourth-order valence-electron chi connectivity index (χ4n) is 3.18. The minimum Gasteiger partial charge on any atom is -0.326 e. The zero-order chi connectivity index (χ0) is 17.4. The largest absolute Gasteiger partial charge is 0.326 e. The van der Waals surface area contributed by atoms with Gasteiger partial charge in [-0.1, -0.05) is 0 Å². The number of hydrogen-bond donors (Lipinski definition) is 1. The number of nitrogens with zero attached hydrogens (tertiary/aromatic N) is 3. The van der Waals surface area contributed by atoms with Crippen molar-refractivity contribution in [1.29, 1.82) is 0 Å². The second kappa shape index (κ2) is 6.49. The maximum atomic E-state index is 12.9. The van der Waals surface area contributed by atoms with Gasteiger partial charge in [0, 0.05) is 49.5 Å². The lowest BCUT2D eigenvalue weighted by Gasteiger charge is -2.33. The molecule has 0 bridgehead atoms. The Labute approximate surface area is 150 Å². The molecule has 0 aliphatic carbocycles. The third-order valence-electron chi connectivity index (χ3n) is 4.53. The Morgan fingerprint density at radius 3 is 2.72 bits per heavy atom. The SMILES string of the molecule is O=C1Cc2cc(S(=O)(=O)N3CCN(Cc4cncs4)CC3)ccc2N1. The van der Waals surface area contributed by atoms with Crippen LogP contribution in [0.5, 0.6) is 0 Å². The number of carbonyl (C=O) groups is 1. The van der Waals surface area contributed by atoms with Crippen LogP contribution in [-0.2, 0) is 27.8 Å². The van der Waals surface area contributed by atoms with Crippen LogP contribution in [0.4, 0.5) is 5.69 Å². The summed E-state index contributed by atoms with van der Waals surface area (Å²) in [5.41, 5.74) is 3.26. The van der Waals surface area contributed by atoms with Crippen LogP contribution in [0.1, 0.15) is 10.4 Å². The number of hydrogen-bond acceptors (Lipinski definition) is 6. The van der Waals surface area contributed by atoms with Crippen LogP contribution >= 0.6 is 11.3 Å². The summed E-state index contributed by atoms with van der Waals surface area (Å²) in [5, 5.41) is 2.72. The molecule has 2 aliphatic heterocycles. The second-order valence-electron chi connectivity index (χ2n) is 6.19. The number of fused-ring (bicyclic) bond motifs is 1. The van der Waals surface area contributed by atoms with Gasteiger partial charge in [-0.05, 0) is 23.8 Å². The molecule has 1 fully saturated rings. The fraction of sp³-hybridized carbons (Fsp3) is 0.375. The van der Waals surface area contributed by atoms with Crippen LogP contribution in [0, 0.1) is 0 Å². The number of rotatable bonds is 4. The van der Waals surface area contributed by atoms with Crippen LogP contribution in [0.2, 0.25) is 0 Å². The molecular formula is C16H18N4O3S2. The first-order valence-electron chi connectivity index (χ1n) is 8.05. The van der Waals surface area contributed by atoms with Crippen molar-refractivity contribution in [1.82, 2.24) is 14.2 Å². The first-order valence-corrected chi connectivity index (χ1v) is 10.4. The fourth-order valence-corrected chi connectivity index (χ4v) is 5.29. The van der Waals surface area contributed by atoms with Gasteiger partial charge in [0.2, 0.25) is 15.9 Å². The summed E-state index contributed by atoms with van der Waals surface area (Å²) in [5.74, 6) is -0.0961. The van der Waals surface area contributed by atoms with Gasteiger partial charge >= 0.3 is 0 Å². The standard InChI is InChI=1S/C16H18N4O3S2/c21-16-8-12-7-14(1-2-15(12)18-16)25(22,23)20-5-3-19(4-6-20)10-13-9-17-11-24-13/h1-2,7,9,11H,3-6,8,10H2,(H,18,21). The molecule has 2 aliphatic rings. The van der Waals surface area contributed by atoms with Gasteiger partial charge in [0.05, 0.1) is 16.8 Å².